The Morgan fingerprint density at radius 2 is 1.48 bits per heavy atom. The molecule has 6 aliphatic heterocycles. The van der Waals surface area contributed by atoms with Gasteiger partial charge in [0.1, 0.15) is 17.3 Å². The average molecular weight is 966 g/mol. The molecule has 0 atom stereocenters. The zero-order chi connectivity index (χ0) is 46.6. The van der Waals surface area contributed by atoms with E-state index in [1.807, 2.05) is 101 Å². The summed E-state index contributed by atoms with van der Waals surface area (Å²) in [6.07, 6.45) is 12.2. The predicted molar refractivity (Wildman–Crippen MR) is 261 cm³/mol. The second-order valence-electron chi connectivity index (χ2n) is 16.5. The molecule has 66 heavy (non-hydrogen) atoms. The summed E-state index contributed by atoms with van der Waals surface area (Å²) >= 11 is 4.30. The number of ether oxygens (including phenoxy) is 1. The number of halogens is 2. The largest absolute Gasteiger partial charge is 0.454 e. The van der Waals surface area contributed by atoms with Gasteiger partial charge in [0.2, 0.25) is 0 Å². The molecule has 0 amide bonds. The standard InChI is InChI=1S/C34H34N4O4.C17H16ClN3O.ClH.Fe/c1-7-21-17(3)25-13-26-19(5)23(9-11-33(39)40)31(37-26)16-32-24(10-12-34(41)42)20(6)28(38-32)15-30-22(8-2)18(4)27(36-30)14-29(21)35-25;18-12-5-6-15-13(11-12)17(21-9-7-19-8-10-21)20-14-3-1-2-4-16(14)22-15;;/h7-8,13-16H,1-2,9-12H2,3-6H3,(H4,35,36,37,38,39,40,41,42);1-6,11,19H,7-10H2;1H;/q;;;+3/p-3/b25-13?,26-13-,27-14-,28-15-,29-14?,30-15?,31-16?,32-16-;;;. The van der Waals surface area contributed by atoms with E-state index >= 15 is 0 Å². The van der Waals surface area contributed by atoms with E-state index in [9.17, 15) is 19.8 Å². The summed E-state index contributed by atoms with van der Waals surface area (Å²) in [7, 11) is 7.69. The topological polar surface area (TPSA) is 146 Å². The number of rotatable bonds is 8. The maximum atomic E-state index is 11.8. The molecular formula is C51H48Cl2FeN7O5. The number of carbonyl (C=O) groups is 2. The fourth-order valence-corrected chi connectivity index (χ4v) is 12.3. The summed E-state index contributed by atoms with van der Waals surface area (Å²) in [5.74, 6) is 0.724. The molecule has 339 valence electrons. The third kappa shape index (κ3) is 8.09. The number of carboxylic acids is 2. The number of fused-ring (bicyclic) bond motifs is 4. The molecule has 8 heterocycles. The molecule has 10 rings (SSSR count). The Hall–Kier alpha value is -6.21. The number of carboxylic acid groups (broad SMARTS) is 2. The van der Waals surface area contributed by atoms with Crippen molar-refractivity contribution in [3.63, 3.8) is 0 Å². The average Bonchev–Trinajstić information content (AvgIpc) is 3.89. The number of aliphatic imine (C=N–C) groups is 3. The molecule has 1 saturated heterocycles. The van der Waals surface area contributed by atoms with Crippen LogP contribution in [0.1, 0.15) is 72.3 Å². The predicted octanol–water partition coefficient (Wildman–Crippen LogP) is 8.86. The van der Waals surface area contributed by atoms with Gasteiger partial charge in [-0.2, -0.15) is 0 Å². The molecule has 3 N–H and O–H groups in total. The number of allylic oxidation sites excluding steroid dienone is 5. The normalized spacial score (nSPS) is 19.8. The van der Waals surface area contributed by atoms with Crippen molar-refractivity contribution in [2.24, 2.45) is 15.0 Å². The summed E-state index contributed by atoms with van der Waals surface area (Å²) < 4.78 is 10.3. The SMILES string of the molecule is C=CC1=C(C)/C2=C/c3c(C=C)c(C)c4[n]3[Fe]([Cl])[n]3/c(c(C)c(CCC(=O)O)/c3=C/C3=NC(=C\4)/C(C)=C3CCC(=O)O)=C\C1=N2.Clc1ccc2c(c1)C(N1CCNCC1)=Nc1ccccc1O2. The minimum Gasteiger partial charge on any atom is -0.454 e. The molecule has 0 unspecified atom stereocenters. The Balaban J connectivity index is 0.000000207. The van der Waals surface area contributed by atoms with Crippen LogP contribution in [-0.2, 0) is 29.4 Å². The van der Waals surface area contributed by atoms with Crippen molar-refractivity contribution in [2.75, 3.05) is 26.2 Å². The maximum Gasteiger partial charge on any atom is 0.153 e. The molecule has 4 aromatic rings. The van der Waals surface area contributed by atoms with Crippen LogP contribution in [0.25, 0.3) is 30.4 Å². The van der Waals surface area contributed by atoms with Crippen LogP contribution in [0, 0.1) is 13.8 Å². The molecule has 6 bridgehead atoms. The minimum atomic E-state index is -1.91. The molecule has 2 aromatic heterocycles. The summed E-state index contributed by atoms with van der Waals surface area (Å²) in [5, 5.41) is 24.9. The number of hydrogen-bond acceptors (Lipinski definition) is 8. The van der Waals surface area contributed by atoms with Gasteiger partial charge in [-0.15, -0.1) is 0 Å². The van der Waals surface area contributed by atoms with Crippen molar-refractivity contribution in [1.82, 2.24) is 17.4 Å². The Kier molecular flexibility index (Phi) is 12.4. The first-order valence-electron chi connectivity index (χ1n) is 21.6. The van der Waals surface area contributed by atoms with Gasteiger partial charge in [0.15, 0.2) is 5.75 Å². The van der Waals surface area contributed by atoms with E-state index in [1.165, 1.54) is 0 Å². The molecule has 15 heteroatoms. The fraction of sp³-hybridized carbons (Fsp3) is 0.235. The Labute approximate surface area is 396 Å². The number of nitrogens with one attached hydrogen (secondary N) is 1. The molecule has 0 radical (unpaired) electrons. The van der Waals surface area contributed by atoms with Gasteiger partial charge in [-0.25, -0.2) is 4.99 Å². The third-order valence-corrected chi connectivity index (χ3v) is 15.7. The molecule has 0 saturated carbocycles. The quantitative estimate of drug-likeness (QED) is 0.150. The van der Waals surface area contributed by atoms with Crippen LogP contribution in [0.2, 0.25) is 5.02 Å². The molecule has 0 aliphatic carbocycles. The number of nitrogens with zero attached hydrogens (tertiary/aromatic N) is 6. The van der Waals surface area contributed by atoms with Gasteiger partial charge < -0.3 is 15.0 Å². The van der Waals surface area contributed by atoms with Crippen LogP contribution in [0.3, 0.4) is 0 Å². The number of para-hydroxylation sites is 2. The minimum absolute atomic E-state index is 0.0370. The van der Waals surface area contributed by atoms with Gasteiger partial charge in [-0.05, 0) is 30.3 Å². The zero-order valence-corrected chi connectivity index (χ0v) is 39.6. The van der Waals surface area contributed by atoms with Crippen molar-refractivity contribution in [3.05, 3.63) is 150 Å². The molecule has 1 fully saturated rings. The summed E-state index contributed by atoms with van der Waals surface area (Å²) in [6, 6.07) is 13.6. The van der Waals surface area contributed by atoms with E-state index in [4.69, 9.17) is 41.4 Å². The number of amidine groups is 1. The second-order valence-corrected chi connectivity index (χ2v) is 19.5. The van der Waals surface area contributed by atoms with E-state index in [2.05, 4.69) is 36.6 Å². The van der Waals surface area contributed by atoms with Gasteiger partial charge in [0, 0.05) is 31.2 Å². The molecule has 12 nitrogen and oxygen atoms in total. The second kappa shape index (κ2) is 18.2. The van der Waals surface area contributed by atoms with Crippen molar-refractivity contribution < 1.29 is 38.0 Å². The maximum absolute atomic E-state index is 11.8. The monoisotopic (exact) mass is 964 g/mol. The van der Waals surface area contributed by atoms with Crippen LogP contribution in [0.15, 0.2) is 110 Å². The summed E-state index contributed by atoms with van der Waals surface area (Å²) in [4.78, 5) is 40.7. The Morgan fingerprint density at radius 1 is 0.803 bits per heavy atom. The molecule has 2 aromatic carbocycles. The number of aliphatic carboxylic acids is 2. The Bertz CT molecular complexity index is 3170. The first kappa shape index (κ1) is 45.0. The van der Waals surface area contributed by atoms with Gasteiger partial charge in [0.25, 0.3) is 0 Å². The molecule has 0 spiro atoms. The van der Waals surface area contributed by atoms with Gasteiger partial charge in [-0.1, -0.05) is 23.7 Å². The first-order valence-corrected chi connectivity index (χ1v) is 24.5. The summed E-state index contributed by atoms with van der Waals surface area (Å²) in [6.45, 7) is 20.0. The molecule has 6 aliphatic rings. The van der Waals surface area contributed by atoms with E-state index in [0.29, 0.717) is 17.2 Å². The van der Waals surface area contributed by atoms with Crippen LogP contribution < -0.4 is 20.8 Å². The number of aromatic nitrogens is 2. The van der Waals surface area contributed by atoms with Crippen molar-refractivity contribution in [1.29, 1.82) is 0 Å². The van der Waals surface area contributed by atoms with Crippen LogP contribution >= 0.6 is 21.7 Å². The van der Waals surface area contributed by atoms with E-state index in [-0.39, 0.29) is 19.3 Å². The van der Waals surface area contributed by atoms with Gasteiger partial charge in [-0.3, -0.25) is 0 Å². The van der Waals surface area contributed by atoms with Crippen LogP contribution in [0.4, 0.5) is 5.69 Å². The van der Waals surface area contributed by atoms with Gasteiger partial charge >= 0.3 is 265 Å². The summed E-state index contributed by atoms with van der Waals surface area (Å²) in [5.41, 5.74) is 13.9. The van der Waals surface area contributed by atoms with Crippen LogP contribution in [0.5, 0.6) is 11.5 Å². The van der Waals surface area contributed by atoms with Crippen LogP contribution in [-0.4, -0.2) is 77.7 Å². The fourth-order valence-electron chi connectivity index (χ4n) is 9.08. The van der Waals surface area contributed by atoms with Crippen molar-refractivity contribution >= 4 is 87.0 Å². The third-order valence-electron chi connectivity index (χ3n) is 12.6. The van der Waals surface area contributed by atoms with E-state index in [0.717, 1.165) is 139 Å². The number of benzene rings is 2. The van der Waals surface area contributed by atoms with Crippen molar-refractivity contribution in [3.8, 4) is 11.5 Å². The number of hydrogen-bond donors (Lipinski definition) is 3. The zero-order valence-electron chi connectivity index (χ0n) is 37.0. The first-order chi connectivity index (χ1) is 31.8. The Morgan fingerprint density at radius 3 is 2.21 bits per heavy atom. The van der Waals surface area contributed by atoms with Crippen molar-refractivity contribution in [2.45, 2.75) is 53.4 Å². The number of piperazine rings is 1. The smallest absolute Gasteiger partial charge is 0.153 e. The van der Waals surface area contributed by atoms with E-state index < -0.39 is 25.4 Å². The van der Waals surface area contributed by atoms with Gasteiger partial charge in [0.05, 0.1) is 5.56 Å². The van der Waals surface area contributed by atoms with E-state index in [1.54, 1.807) is 0 Å². The molecular weight excluding hydrogens is 917 g/mol.